The fourth-order valence-electron chi connectivity index (χ4n) is 3.72. The van der Waals surface area contributed by atoms with Crippen molar-refractivity contribution in [3.05, 3.63) is 59.2 Å². The minimum atomic E-state index is -1.12. The molecule has 0 fully saturated rings. The number of hydrogen-bond acceptors (Lipinski definition) is 7. The number of nitrogens with one attached hydrogen (secondary N) is 1. The van der Waals surface area contributed by atoms with Crippen molar-refractivity contribution in [2.45, 2.75) is 32.9 Å². The van der Waals surface area contributed by atoms with Gasteiger partial charge in [0.2, 0.25) is 0 Å². The van der Waals surface area contributed by atoms with Gasteiger partial charge in [0.15, 0.2) is 18.1 Å². The Morgan fingerprint density at radius 3 is 2.12 bits per heavy atom. The van der Waals surface area contributed by atoms with E-state index in [1.165, 1.54) is 14.2 Å². The second-order valence-corrected chi connectivity index (χ2v) is 8.25. The van der Waals surface area contributed by atoms with Gasteiger partial charge in [0.05, 0.1) is 25.3 Å². The van der Waals surface area contributed by atoms with Gasteiger partial charge in [-0.05, 0) is 42.2 Å². The number of carbonyl (C=O) groups excluding carboxylic acids is 4. The van der Waals surface area contributed by atoms with Crippen LogP contribution in [0.3, 0.4) is 0 Å². The molecule has 0 saturated carbocycles. The van der Waals surface area contributed by atoms with Crippen molar-refractivity contribution in [1.82, 2.24) is 10.2 Å². The Kier molecular flexibility index (Phi) is 7.88. The lowest BCUT2D eigenvalue weighted by molar-refractivity contribution is -0.152. The molecular formula is C25H28N2O7. The molecule has 180 valence electrons. The van der Waals surface area contributed by atoms with Crippen molar-refractivity contribution >= 4 is 23.7 Å². The van der Waals surface area contributed by atoms with E-state index in [1.807, 2.05) is 13.8 Å². The van der Waals surface area contributed by atoms with Gasteiger partial charge in [-0.1, -0.05) is 32.0 Å². The van der Waals surface area contributed by atoms with Crippen molar-refractivity contribution in [3.8, 4) is 11.5 Å². The molecule has 1 N–H and O–H groups in total. The second-order valence-electron chi connectivity index (χ2n) is 8.25. The molecule has 0 aromatic heterocycles. The molecule has 0 radical (unpaired) electrons. The summed E-state index contributed by atoms with van der Waals surface area (Å²) in [6.07, 6.45) is 0.220. The number of nitrogens with zero attached hydrogens (tertiary/aromatic N) is 1. The van der Waals surface area contributed by atoms with E-state index in [1.54, 1.807) is 42.5 Å². The van der Waals surface area contributed by atoms with Crippen molar-refractivity contribution in [2.75, 3.05) is 20.8 Å². The van der Waals surface area contributed by atoms with Crippen molar-refractivity contribution in [2.24, 2.45) is 5.92 Å². The first kappa shape index (κ1) is 24.8. The molecule has 1 atom stereocenters. The molecule has 0 saturated heterocycles. The summed E-state index contributed by atoms with van der Waals surface area (Å²) in [6, 6.07) is 10.5. The smallest absolute Gasteiger partial charge is 0.329 e. The molecule has 3 rings (SSSR count). The van der Waals surface area contributed by atoms with E-state index in [2.05, 4.69) is 5.32 Å². The molecule has 9 heteroatoms. The zero-order chi connectivity index (χ0) is 24.8. The number of rotatable bonds is 10. The Hall–Kier alpha value is -3.88. The highest BCUT2D eigenvalue weighted by Crippen LogP contribution is 2.28. The van der Waals surface area contributed by atoms with Crippen LogP contribution in [0.15, 0.2) is 42.5 Å². The third-order valence-electron chi connectivity index (χ3n) is 5.39. The van der Waals surface area contributed by atoms with E-state index in [0.29, 0.717) is 11.5 Å². The molecule has 1 unspecified atom stereocenters. The summed E-state index contributed by atoms with van der Waals surface area (Å²) in [5.41, 5.74) is 1.27. The van der Waals surface area contributed by atoms with Crippen LogP contribution in [-0.2, 0) is 20.9 Å². The average molecular weight is 469 g/mol. The number of imide groups is 1. The molecule has 0 bridgehead atoms. The monoisotopic (exact) mass is 468 g/mol. The summed E-state index contributed by atoms with van der Waals surface area (Å²) >= 11 is 0. The first-order chi connectivity index (χ1) is 16.3. The van der Waals surface area contributed by atoms with Crippen LogP contribution in [0.25, 0.3) is 0 Å². The molecule has 3 amide bonds. The first-order valence-electron chi connectivity index (χ1n) is 10.9. The van der Waals surface area contributed by atoms with Crippen LogP contribution in [0, 0.1) is 5.92 Å². The molecule has 0 aliphatic carbocycles. The van der Waals surface area contributed by atoms with Crippen LogP contribution in [0.4, 0.5) is 0 Å². The van der Waals surface area contributed by atoms with Crippen LogP contribution in [-0.4, -0.2) is 55.5 Å². The predicted molar refractivity (Wildman–Crippen MR) is 123 cm³/mol. The Balaban J connectivity index is 1.62. The zero-order valence-corrected chi connectivity index (χ0v) is 19.6. The van der Waals surface area contributed by atoms with Crippen molar-refractivity contribution in [3.63, 3.8) is 0 Å². The number of benzene rings is 2. The maximum atomic E-state index is 12.9. The lowest BCUT2D eigenvalue weighted by Gasteiger charge is -2.25. The molecule has 1 heterocycles. The fraction of sp³-hybridized carbons (Fsp3) is 0.360. The summed E-state index contributed by atoms with van der Waals surface area (Å²) in [4.78, 5) is 51.7. The number of fused-ring (bicyclic) bond motifs is 1. The summed E-state index contributed by atoms with van der Waals surface area (Å²) in [7, 11) is 3.05. The van der Waals surface area contributed by atoms with Crippen molar-refractivity contribution < 1.29 is 33.4 Å². The number of carbonyl (C=O) groups is 4. The molecule has 0 spiro atoms. The van der Waals surface area contributed by atoms with E-state index in [-0.39, 0.29) is 30.0 Å². The van der Waals surface area contributed by atoms with Crippen LogP contribution >= 0.6 is 0 Å². The van der Waals surface area contributed by atoms with Gasteiger partial charge in [-0.3, -0.25) is 19.3 Å². The number of methoxy groups -OCH3 is 2. The number of amides is 3. The zero-order valence-electron chi connectivity index (χ0n) is 19.6. The summed E-state index contributed by atoms with van der Waals surface area (Å²) in [6.45, 7) is 3.39. The number of esters is 1. The topological polar surface area (TPSA) is 111 Å². The minimum absolute atomic E-state index is 0.000686. The standard InChI is InChI=1S/C25H28N2O7/c1-15(2)11-19(27-23(29)17-7-5-6-8-18(17)24(27)30)25(31)34-14-22(28)26-13-16-9-10-20(32-3)21(12-16)33-4/h5-10,12,15,19H,11,13-14H2,1-4H3,(H,26,28). The molecule has 34 heavy (non-hydrogen) atoms. The minimum Gasteiger partial charge on any atom is -0.493 e. The summed E-state index contributed by atoms with van der Waals surface area (Å²) in [5, 5.41) is 2.66. The number of ether oxygens (including phenoxy) is 3. The van der Waals surface area contributed by atoms with Crippen LogP contribution in [0.5, 0.6) is 11.5 Å². The lowest BCUT2D eigenvalue weighted by Crippen LogP contribution is -2.47. The Morgan fingerprint density at radius 1 is 0.941 bits per heavy atom. The van der Waals surface area contributed by atoms with E-state index in [9.17, 15) is 19.2 Å². The fourth-order valence-corrected chi connectivity index (χ4v) is 3.72. The Labute approximate surface area is 198 Å². The van der Waals surface area contributed by atoms with Gasteiger partial charge >= 0.3 is 5.97 Å². The van der Waals surface area contributed by atoms with E-state index in [4.69, 9.17) is 14.2 Å². The van der Waals surface area contributed by atoms with Crippen LogP contribution in [0.2, 0.25) is 0 Å². The molecule has 1 aliphatic rings. The first-order valence-corrected chi connectivity index (χ1v) is 10.9. The molecule has 9 nitrogen and oxygen atoms in total. The van der Waals surface area contributed by atoms with Crippen LogP contribution < -0.4 is 14.8 Å². The van der Waals surface area contributed by atoms with E-state index >= 15 is 0 Å². The second kappa shape index (κ2) is 10.8. The van der Waals surface area contributed by atoms with Crippen molar-refractivity contribution in [1.29, 1.82) is 0 Å². The third-order valence-corrected chi connectivity index (χ3v) is 5.39. The van der Waals surface area contributed by atoms with Gasteiger partial charge in [-0.15, -0.1) is 0 Å². The van der Waals surface area contributed by atoms with E-state index < -0.39 is 36.3 Å². The molecule has 1 aliphatic heterocycles. The third kappa shape index (κ3) is 5.36. The van der Waals surface area contributed by atoms with Gasteiger partial charge in [-0.25, -0.2) is 4.79 Å². The maximum Gasteiger partial charge on any atom is 0.329 e. The summed E-state index contributed by atoms with van der Waals surface area (Å²) in [5.74, 6) is -1.31. The largest absolute Gasteiger partial charge is 0.493 e. The quantitative estimate of drug-likeness (QED) is 0.421. The highest BCUT2D eigenvalue weighted by Gasteiger charge is 2.43. The average Bonchev–Trinajstić information content (AvgIpc) is 3.09. The Morgan fingerprint density at radius 2 is 1.56 bits per heavy atom. The summed E-state index contributed by atoms with van der Waals surface area (Å²) < 4.78 is 15.6. The van der Waals surface area contributed by atoms with E-state index in [0.717, 1.165) is 10.5 Å². The molecule has 2 aromatic carbocycles. The van der Waals surface area contributed by atoms with Gasteiger partial charge in [0.25, 0.3) is 17.7 Å². The predicted octanol–water partition coefficient (Wildman–Crippen LogP) is 2.57. The lowest BCUT2D eigenvalue weighted by atomic mass is 10.0. The van der Waals surface area contributed by atoms with Gasteiger partial charge in [0, 0.05) is 6.54 Å². The van der Waals surface area contributed by atoms with Gasteiger partial charge in [-0.2, -0.15) is 0 Å². The van der Waals surface area contributed by atoms with Crippen LogP contribution in [0.1, 0.15) is 46.5 Å². The molecular weight excluding hydrogens is 440 g/mol. The maximum absolute atomic E-state index is 12.9. The highest BCUT2D eigenvalue weighted by molar-refractivity contribution is 6.22. The number of hydrogen-bond donors (Lipinski definition) is 1. The van der Waals surface area contributed by atoms with Gasteiger partial charge in [0.1, 0.15) is 6.04 Å². The normalized spacial score (nSPS) is 13.5. The SMILES string of the molecule is COc1ccc(CNC(=O)COC(=O)C(CC(C)C)N2C(=O)c3ccccc3C2=O)cc1OC. The highest BCUT2D eigenvalue weighted by atomic mass is 16.5. The molecule has 2 aromatic rings. The Bertz CT molecular complexity index is 1060. The van der Waals surface area contributed by atoms with Gasteiger partial charge < -0.3 is 19.5 Å².